The third-order valence-corrected chi connectivity index (χ3v) is 3.87. The minimum atomic E-state index is -1.26. The molecule has 0 spiro atoms. The highest BCUT2D eigenvalue weighted by Crippen LogP contribution is 2.32. The molecule has 0 aromatic carbocycles. The Morgan fingerprint density at radius 2 is 2.10 bits per heavy atom. The number of rotatable bonds is 3. The zero-order valence-electron chi connectivity index (χ0n) is 11.1. The van der Waals surface area contributed by atoms with E-state index in [1.165, 1.54) is 0 Å². The average molecular weight is 283 g/mol. The SMILES string of the molecule is CCC1C(=O)NC(=O)CN1C(=O)NC1(C(=O)O)CCC1. The number of hydrogen-bond donors (Lipinski definition) is 3. The highest BCUT2D eigenvalue weighted by atomic mass is 16.4. The third kappa shape index (κ3) is 2.33. The summed E-state index contributed by atoms with van der Waals surface area (Å²) in [4.78, 5) is 47.5. The molecule has 0 bridgehead atoms. The predicted octanol–water partition coefficient (Wildman–Crippen LogP) is -0.560. The molecule has 0 radical (unpaired) electrons. The van der Waals surface area contributed by atoms with E-state index in [2.05, 4.69) is 10.6 Å². The summed E-state index contributed by atoms with van der Waals surface area (Å²) in [5.74, 6) is -2.18. The Balaban J connectivity index is 2.12. The molecular weight excluding hydrogens is 266 g/mol. The number of carbonyl (C=O) groups excluding carboxylic acids is 3. The number of carbonyl (C=O) groups is 4. The molecule has 3 N–H and O–H groups in total. The van der Waals surface area contributed by atoms with E-state index in [-0.39, 0.29) is 6.54 Å². The van der Waals surface area contributed by atoms with Crippen molar-refractivity contribution in [3.8, 4) is 0 Å². The molecule has 1 heterocycles. The van der Waals surface area contributed by atoms with Crippen LogP contribution in [0.5, 0.6) is 0 Å². The standard InChI is InChI=1S/C12H17N3O5/c1-2-7-9(17)13-8(16)6-15(7)11(20)14-12(10(18)19)4-3-5-12/h7H,2-6H2,1H3,(H,14,20)(H,18,19)(H,13,16,17). The van der Waals surface area contributed by atoms with Crippen molar-refractivity contribution >= 4 is 23.8 Å². The van der Waals surface area contributed by atoms with Crippen molar-refractivity contribution in [1.29, 1.82) is 0 Å². The second kappa shape index (κ2) is 5.10. The zero-order valence-corrected chi connectivity index (χ0v) is 11.1. The molecule has 4 amide bonds. The summed E-state index contributed by atoms with van der Waals surface area (Å²) in [6.45, 7) is 1.47. The first kappa shape index (κ1) is 14.3. The Labute approximate surface area is 115 Å². The first-order valence-electron chi connectivity index (χ1n) is 6.55. The van der Waals surface area contributed by atoms with Gasteiger partial charge in [0.05, 0.1) is 0 Å². The monoisotopic (exact) mass is 283 g/mol. The maximum Gasteiger partial charge on any atom is 0.329 e. The van der Waals surface area contributed by atoms with E-state index in [1.54, 1.807) is 6.92 Å². The largest absolute Gasteiger partial charge is 0.480 e. The predicted molar refractivity (Wildman–Crippen MR) is 66.7 cm³/mol. The first-order valence-corrected chi connectivity index (χ1v) is 6.55. The van der Waals surface area contributed by atoms with Crippen LogP contribution in [0.25, 0.3) is 0 Å². The lowest BCUT2D eigenvalue weighted by molar-refractivity contribution is -0.148. The highest BCUT2D eigenvalue weighted by Gasteiger charge is 2.47. The fraction of sp³-hybridized carbons (Fsp3) is 0.667. The van der Waals surface area contributed by atoms with Gasteiger partial charge in [-0.15, -0.1) is 0 Å². The van der Waals surface area contributed by atoms with E-state index in [1.807, 2.05) is 0 Å². The number of nitrogens with one attached hydrogen (secondary N) is 2. The lowest BCUT2D eigenvalue weighted by atomic mass is 9.77. The van der Waals surface area contributed by atoms with Crippen LogP contribution in [0, 0.1) is 0 Å². The number of hydrogen-bond acceptors (Lipinski definition) is 4. The van der Waals surface area contributed by atoms with Gasteiger partial charge in [-0.05, 0) is 25.7 Å². The summed E-state index contributed by atoms with van der Waals surface area (Å²) in [6, 6.07) is -1.43. The van der Waals surface area contributed by atoms with Crippen molar-refractivity contribution in [3.63, 3.8) is 0 Å². The number of aliphatic carboxylic acids is 1. The van der Waals surface area contributed by atoms with Crippen LogP contribution in [0.15, 0.2) is 0 Å². The molecule has 1 atom stereocenters. The lowest BCUT2D eigenvalue weighted by Gasteiger charge is -2.41. The highest BCUT2D eigenvalue weighted by molar-refractivity contribution is 6.04. The molecule has 0 aromatic heterocycles. The summed E-state index contributed by atoms with van der Waals surface area (Å²) >= 11 is 0. The molecule has 20 heavy (non-hydrogen) atoms. The Hall–Kier alpha value is -2.12. The van der Waals surface area contributed by atoms with Crippen LogP contribution in [0.1, 0.15) is 32.6 Å². The second-order valence-electron chi connectivity index (χ2n) is 5.14. The van der Waals surface area contributed by atoms with Gasteiger partial charge in [0.1, 0.15) is 18.1 Å². The molecule has 0 aromatic rings. The third-order valence-electron chi connectivity index (χ3n) is 3.87. The molecule has 1 aliphatic carbocycles. The lowest BCUT2D eigenvalue weighted by Crippen LogP contribution is -2.67. The quantitative estimate of drug-likeness (QED) is 0.600. The molecule has 8 heteroatoms. The number of carboxylic acid groups (broad SMARTS) is 1. The minimum absolute atomic E-state index is 0.244. The van der Waals surface area contributed by atoms with Gasteiger partial charge in [-0.2, -0.15) is 0 Å². The fourth-order valence-corrected chi connectivity index (χ4v) is 2.48. The summed E-state index contributed by atoms with van der Waals surface area (Å²) in [5.41, 5.74) is -1.26. The van der Waals surface area contributed by atoms with E-state index in [0.29, 0.717) is 19.3 Å². The Kier molecular flexibility index (Phi) is 3.65. The van der Waals surface area contributed by atoms with Crippen LogP contribution in [0.2, 0.25) is 0 Å². The number of imide groups is 1. The molecule has 2 fully saturated rings. The van der Waals surface area contributed by atoms with Gasteiger partial charge in [0.25, 0.3) is 0 Å². The van der Waals surface area contributed by atoms with E-state index < -0.39 is 35.4 Å². The van der Waals surface area contributed by atoms with Crippen molar-refractivity contribution in [2.24, 2.45) is 0 Å². The Morgan fingerprint density at radius 3 is 2.55 bits per heavy atom. The van der Waals surface area contributed by atoms with E-state index in [9.17, 15) is 24.3 Å². The van der Waals surface area contributed by atoms with Crippen LogP contribution in [0.4, 0.5) is 4.79 Å². The number of piperazine rings is 1. The molecule has 110 valence electrons. The summed E-state index contributed by atoms with van der Waals surface area (Å²) in [6.07, 6.45) is 1.80. The molecule has 1 unspecified atom stereocenters. The Bertz CT molecular complexity index is 472. The second-order valence-corrected chi connectivity index (χ2v) is 5.14. The van der Waals surface area contributed by atoms with Gasteiger partial charge in [0.15, 0.2) is 0 Å². The maximum absolute atomic E-state index is 12.2. The van der Waals surface area contributed by atoms with Crippen LogP contribution in [-0.4, -0.2) is 51.9 Å². The number of carboxylic acids is 1. The summed E-state index contributed by atoms with van der Waals surface area (Å²) in [7, 11) is 0. The first-order chi connectivity index (χ1) is 9.39. The van der Waals surface area contributed by atoms with Gasteiger partial charge < -0.3 is 15.3 Å². The number of urea groups is 1. The summed E-state index contributed by atoms with van der Waals surface area (Å²) < 4.78 is 0. The maximum atomic E-state index is 12.2. The van der Waals surface area contributed by atoms with Crippen LogP contribution in [0.3, 0.4) is 0 Å². The van der Waals surface area contributed by atoms with Crippen molar-refractivity contribution < 1.29 is 24.3 Å². The van der Waals surface area contributed by atoms with Crippen molar-refractivity contribution in [3.05, 3.63) is 0 Å². The number of amides is 4. The summed E-state index contributed by atoms with van der Waals surface area (Å²) in [5, 5.41) is 13.8. The van der Waals surface area contributed by atoms with Gasteiger partial charge in [-0.1, -0.05) is 6.92 Å². The van der Waals surface area contributed by atoms with Crippen LogP contribution < -0.4 is 10.6 Å². The molecule has 8 nitrogen and oxygen atoms in total. The van der Waals surface area contributed by atoms with Crippen LogP contribution in [-0.2, 0) is 14.4 Å². The van der Waals surface area contributed by atoms with Gasteiger partial charge in [0.2, 0.25) is 11.8 Å². The molecule has 2 aliphatic rings. The fourth-order valence-electron chi connectivity index (χ4n) is 2.48. The van der Waals surface area contributed by atoms with Gasteiger partial charge >= 0.3 is 12.0 Å². The Morgan fingerprint density at radius 1 is 1.45 bits per heavy atom. The van der Waals surface area contributed by atoms with Gasteiger partial charge in [-0.25, -0.2) is 9.59 Å². The van der Waals surface area contributed by atoms with E-state index >= 15 is 0 Å². The normalized spacial score (nSPS) is 24.6. The molecule has 1 aliphatic heterocycles. The average Bonchev–Trinajstić information content (AvgIpc) is 2.32. The van der Waals surface area contributed by atoms with Crippen molar-refractivity contribution in [2.45, 2.75) is 44.2 Å². The number of nitrogens with zero attached hydrogens (tertiary/aromatic N) is 1. The topological polar surface area (TPSA) is 116 Å². The molecule has 2 rings (SSSR count). The zero-order chi connectivity index (χ0) is 14.9. The van der Waals surface area contributed by atoms with E-state index in [0.717, 1.165) is 11.3 Å². The van der Waals surface area contributed by atoms with Crippen molar-refractivity contribution in [1.82, 2.24) is 15.5 Å². The minimum Gasteiger partial charge on any atom is -0.480 e. The smallest absolute Gasteiger partial charge is 0.329 e. The van der Waals surface area contributed by atoms with Crippen LogP contribution >= 0.6 is 0 Å². The van der Waals surface area contributed by atoms with Gasteiger partial charge in [-0.3, -0.25) is 14.9 Å². The van der Waals surface area contributed by atoms with Gasteiger partial charge in [0, 0.05) is 0 Å². The van der Waals surface area contributed by atoms with Crippen molar-refractivity contribution in [2.75, 3.05) is 6.54 Å². The molecule has 1 saturated heterocycles. The molecular formula is C12H17N3O5. The molecule has 1 saturated carbocycles. The van der Waals surface area contributed by atoms with E-state index in [4.69, 9.17) is 0 Å².